The molecule has 4 aromatic rings. The third-order valence-corrected chi connectivity index (χ3v) is 6.47. The van der Waals surface area contributed by atoms with Crippen LogP contribution in [0.4, 0.5) is 5.13 Å². The molecule has 8 heteroatoms. The molecule has 27 heavy (non-hydrogen) atoms. The molecule has 2 aromatic carbocycles. The van der Waals surface area contributed by atoms with E-state index in [1.54, 1.807) is 25.1 Å². The zero-order valence-electron chi connectivity index (χ0n) is 14.1. The third-order valence-electron chi connectivity index (χ3n) is 3.86. The first kappa shape index (κ1) is 17.9. The van der Waals surface area contributed by atoms with Crippen molar-refractivity contribution in [2.45, 2.75) is 6.92 Å². The number of aromatic nitrogens is 1. The van der Waals surface area contributed by atoms with Gasteiger partial charge in [0, 0.05) is 10.1 Å². The van der Waals surface area contributed by atoms with Crippen molar-refractivity contribution < 1.29 is 14.3 Å². The number of amides is 1. The highest BCUT2D eigenvalue weighted by Crippen LogP contribution is 2.36. The summed E-state index contributed by atoms with van der Waals surface area (Å²) >= 11 is 9.00. The van der Waals surface area contributed by atoms with Crippen LogP contribution in [0.2, 0.25) is 5.02 Å². The molecule has 1 amide bonds. The van der Waals surface area contributed by atoms with Gasteiger partial charge >= 0.3 is 5.97 Å². The zero-order chi connectivity index (χ0) is 19.0. The number of benzene rings is 2. The van der Waals surface area contributed by atoms with Gasteiger partial charge in [0.05, 0.1) is 27.4 Å². The first-order valence-electron chi connectivity index (χ1n) is 8.13. The Morgan fingerprint density at radius 3 is 2.74 bits per heavy atom. The van der Waals surface area contributed by atoms with Crippen molar-refractivity contribution in [1.82, 2.24) is 4.98 Å². The van der Waals surface area contributed by atoms with E-state index in [2.05, 4.69) is 10.3 Å². The van der Waals surface area contributed by atoms with E-state index in [0.29, 0.717) is 32.7 Å². The molecular weight excluding hydrogens is 404 g/mol. The topological polar surface area (TPSA) is 68.3 Å². The van der Waals surface area contributed by atoms with Gasteiger partial charge in [-0.15, -0.1) is 11.3 Å². The summed E-state index contributed by atoms with van der Waals surface area (Å²) < 4.78 is 6.76. The van der Waals surface area contributed by atoms with E-state index in [9.17, 15) is 9.59 Å². The minimum Gasteiger partial charge on any atom is -0.462 e. The standard InChI is InChI=1S/C19H13ClN2O3S2/c1-2-25-18(24)10-7-8-12-14(9-10)27-19(21-12)22-17(23)16-15(20)11-5-3-4-6-13(11)26-16/h3-9H,2H2,1H3,(H,21,22,23). The number of ether oxygens (including phenoxy) is 1. The van der Waals surface area contributed by atoms with E-state index >= 15 is 0 Å². The van der Waals surface area contributed by atoms with Crippen molar-refractivity contribution in [2.24, 2.45) is 0 Å². The van der Waals surface area contributed by atoms with E-state index in [0.717, 1.165) is 14.8 Å². The smallest absolute Gasteiger partial charge is 0.338 e. The van der Waals surface area contributed by atoms with Crippen LogP contribution in [0.15, 0.2) is 42.5 Å². The first-order chi connectivity index (χ1) is 13.1. The fourth-order valence-corrected chi connectivity index (χ4v) is 4.95. The predicted molar refractivity (Wildman–Crippen MR) is 110 cm³/mol. The number of thiophene rings is 1. The molecule has 0 aliphatic heterocycles. The first-order valence-corrected chi connectivity index (χ1v) is 10.1. The molecule has 0 saturated carbocycles. The van der Waals surface area contributed by atoms with Crippen molar-refractivity contribution in [3.8, 4) is 0 Å². The fourth-order valence-electron chi connectivity index (χ4n) is 2.63. The lowest BCUT2D eigenvalue weighted by Gasteiger charge is -2.00. The molecule has 0 atom stereocenters. The van der Waals surface area contributed by atoms with Crippen LogP contribution >= 0.6 is 34.3 Å². The Balaban J connectivity index is 1.61. The molecule has 0 saturated heterocycles. The number of carbonyl (C=O) groups is 2. The second-order valence-corrected chi connectivity index (χ2v) is 8.08. The highest BCUT2D eigenvalue weighted by Gasteiger charge is 2.18. The minimum absolute atomic E-state index is 0.300. The molecule has 1 N–H and O–H groups in total. The zero-order valence-corrected chi connectivity index (χ0v) is 16.5. The van der Waals surface area contributed by atoms with Gasteiger partial charge in [-0.05, 0) is 31.2 Å². The van der Waals surface area contributed by atoms with Crippen LogP contribution in [-0.2, 0) is 4.74 Å². The predicted octanol–water partition coefficient (Wildman–Crippen LogP) is 5.59. The maximum atomic E-state index is 12.6. The second-order valence-electron chi connectivity index (χ2n) is 5.62. The molecule has 4 rings (SSSR count). The third kappa shape index (κ3) is 3.41. The molecule has 2 aromatic heterocycles. The highest BCUT2D eigenvalue weighted by molar-refractivity contribution is 7.23. The van der Waals surface area contributed by atoms with E-state index in [1.807, 2.05) is 24.3 Å². The van der Waals surface area contributed by atoms with Crippen LogP contribution in [0, 0.1) is 0 Å². The van der Waals surface area contributed by atoms with Crippen LogP contribution in [0.3, 0.4) is 0 Å². The number of hydrogen-bond donors (Lipinski definition) is 1. The van der Waals surface area contributed by atoms with Crippen LogP contribution < -0.4 is 5.32 Å². The molecule has 0 radical (unpaired) electrons. The number of halogens is 1. The number of nitrogens with one attached hydrogen (secondary N) is 1. The lowest BCUT2D eigenvalue weighted by molar-refractivity contribution is 0.0526. The molecule has 2 heterocycles. The number of rotatable bonds is 4. The molecule has 0 aliphatic rings. The van der Waals surface area contributed by atoms with Crippen molar-refractivity contribution >= 4 is 71.6 Å². The van der Waals surface area contributed by atoms with Gasteiger partial charge in [0.1, 0.15) is 4.88 Å². The summed E-state index contributed by atoms with van der Waals surface area (Å²) in [4.78, 5) is 29.4. The van der Waals surface area contributed by atoms with Gasteiger partial charge in [-0.2, -0.15) is 0 Å². The van der Waals surface area contributed by atoms with Crippen LogP contribution in [-0.4, -0.2) is 23.5 Å². The SMILES string of the molecule is CCOC(=O)c1ccc2nc(NC(=O)c3sc4ccccc4c3Cl)sc2c1. The summed E-state index contributed by atoms with van der Waals surface area (Å²) in [5.74, 6) is -0.679. The van der Waals surface area contributed by atoms with Gasteiger partial charge in [-0.3, -0.25) is 10.1 Å². The van der Waals surface area contributed by atoms with Gasteiger partial charge < -0.3 is 4.74 Å². The van der Waals surface area contributed by atoms with Crippen LogP contribution in [0.5, 0.6) is 0 Å². The monoisotopic (exact) mass is 416 g/mol. The number of nitrogens with zero attached hydrogens (tertiary/aromatic N) is 1. The Kier molecular flexibility index (Phi) is 4.82. The number of carbonyl (C=O) groups excluding carboxylic acids is 2. The molecule has 0 bridgehead atoms. The van der Waals surface area contributed by atoms with E-state index < -0.39 is 0 Å². The molecule has 0 unspecified atom stereocenters. The summed E-state index contributed by atoms with van der Waals surface area (Å²) in [5.41, 5.74) is 1.16. The summed E-state index contributed by atoms with van der Waals surface area (Å²) in [6.45, 7) is 2.08. The number of anilines is 1. The average Bonchev–Trinajstić information content (AvgIpc) is 3.22. The summed E-state index contributed by atoms with van der Waals surface area (Å²) in [7, 11) is 0. The van der Waals surface area contributed by atoms with Gasteiger partial charge in [-0.25, -0.2) is 9.78 Å². The average molecular weight is 417 g/mol. The number of esters is 1. The van der Waals surface area contributed by atoms with Crippen molar-refractivity contribution in [1.29, 1.82) is 0 Å². The number of thiazole rings is 1. The van der Waals surface area contributed by atoms with Gasteiger partial charge in [0.25, 0.3) is 5.91 Å². The Bertz CT molecular complexity index is 1180. The largest absolute Gasteiger partial charge is 0.462 e. The Morgan fingerprint density at radius 1 is 1.15 bits per heavy atom. The highest BCUT2D eigenvalue weighted by atomic mass is 35.5. The molecule has 5 nitrogen and oxygen atoms in total. The Labute approximate surface area is 167 Å². The van der Waals surface area contributed by atoms with E-state index in [-0.39, 0.29) is 11.9 Å². The van der Waals surface area contributed by atoms with Crippen LogP contribution in [0.1, 0.15) is 27.0 Å². The Hall–Kier alpha value is -2.48. The van der Waals surface area contributed by atoms with Gasteiger partial charge in [-0.1, -0.05) is 41.1 Å². The molecule has 136 valence electrons. The number of fused-ring (bicyclic) bond motifs is 2. The number of hydrogen-bond acceptors (Lipinski definition) is 6. The summed E-state index contributed by atoms with van der Waals surface area (Å²) in [6.07, 6.45) is 0. The van der Waals surface area contributed by atoms with Gasteiger partial charge in [0.2, 0.25) is 0 Å². The van der Waals surface area contributed by atoms with E-state index in [1.165, 1.54) is 22.7 Å². The summed E-state index contributed by atoms with van der Waals surface area (Å²) in [5, 5.41) is 4.55. The van der Waals surface area contributed by atoms with Crippen molar-refractivity contribution in [2.75, 3.05) is 11.9 Å². The molecular formula is C19H13ClN2O3S2. The molecule has 0 fully saturated rings. The van der Waals surface area contributed by atoms with Crippen LogP contribution in [0.25, 0.3) is 20.3 Å². The molecule has 0 aliphatic carbocycles. The molecule has 0 spiro atoms. The quantitative estimate of drug-likeness (QED) is 0.440. The summed E-state index contributed by atoms with van der Waals surface area (Å²) in [6, 6.07) is 12.7. The minimum atomic E-state index is -0.379. The lowest BCUT2D eigenvalue weighted by Crippen LogP contribution is -2.10. The fraction of sp³-hybridized carbons (Fsp3) is 0.105. The Morgan fingerprint density at radius 2 is 1.96 bits per heavy atom. The second kappa shape index (κ2) is 7.26. The van der Waals surface area contributed by atoms with Gasteiger partial charge in [0.15, 0.2) is 5.13 Å². The normalized spacial score (nSPS) is 11.0. The maximum absolute atomic E-state index is 12.6. The van der Waals surface area contributed by atoms with Crippen molar-refractivity contribution in [3.05, 3.63) is 57.9 Å². The lowest BCUT2D eigenvalue weighted by atomic mass is 10.2. The van der Waals surface area contributed by atoms with E-state index in [4.69, 9.17) is 16.3 Å². The maximum Gasteiger partial charge on any atom is 0.338 e. The van der Waals surface area contributed by atoms with Crippen molar-refractivity contribution in [3.63, 3.8) is 0 Å².